The largest absolute Gasteiger partial charge is 0.493 e. The van der Waals surface area contributed by atoms with Gasteiger partial charge in [0.2, 0.25) is 6.79 Å². The Morgan fingerprint density at radius 2 is 1.83 bits per heavy atom. The highest BCUT2D eigenvalue weighted by Gasteiger charge is 2.27. The second-order valence-corrected chi connectivity index (χ2v) is 9.21. The molecular weight excluding hydrogens is 464 g/mol. The van der Waals surface area contributed by atoms with Gasteiger partial charge in [0.05, 0.1) is 12.0 Å². The van der Waals surface area contributed by atoms with Crippen molar-refractivity contribution in [3.63, 3.8) is 0 Å². The third-order valence-corrected chi connectivity index (χ3v) is 6.74. The topological polar surface area (TPSA) is 78.1 Å². The van der Waals surface area contributed by atoms with Crippen LogP contribution in [0.3, 0.4) is 0 Å². The molecular formula is C27H26N2O5S. The van der Waals surface area contributed by atoms with Crippen LogP contribution in [0, 0.1) is 0 Å². The van der Waals surface area contributed by atoms with Crippen LogP contribution in [0.2, 0.25) is 0 Å². The summed E-state index contributed by atoms with van der Waals surface area (Å²) in [5, 5.41) is 6.31. The number of fused-ring (bicyclic) bond motifs is 1. The number of benzene rings is 3. The molecule has 0 radical (unpaired) electrons. The van der Waals surface area contributed by atoms with Crippen molar-refractivity contribution in [3.8, 4) is 23.0 Å². The maximum atomic E-state index is 12.5. The molecule has 1 saturated heterocycles. The van der Waals surface area contributed by atoms with Crippen molar-refractivity contribution in [2.24, 2.45) is 0 Å². The fraction of sp³-hybridized carbons (Fsp3) is 0.222. The van der Waals surface area contributed by atoms with Crippen LogP contribution in [-0.4, -0.2) is 25.3 Å². The summed E-state index contributed by atoms with van der Waals surface area (Å²) in [7, 11) is 1.60. The molecule has 3 aromatic rings. The first kappa shape index (κ1) is 23.0. The minimum Gasteiger partial charge on any atom is -0.493 e. The maximum absolute atomic E-state index is 12.5. The number of hydrogen-bond donors (Lipinski definition) is 2. The van der Waals surface area contributed by atoms with Crippen molar-refractivity contribution < 1.29 is 23.7 Å². The average Bonchev–Trinajstić information content (AvgIpc) is 3.49. The van der Waals surface area contributed by atoms with Gasteiger partial charge in [-0.1, -0.05) is 43.0 Å². The molecule has 35 heavy (non-hydrogen) atoms. The lowest BCUT2D eigenvalue weighted by atomic mass is 10.1. The first-order chi connectivity index (χ1) is 17.1. The van der Waals surface area contributed by atoms with E-state index in [-0.39, 0.29) is 18.2 Å². The molecule has 0 unspecified atom stereocenters. The molecule has 2 aliphatic heterocycles. The number of thioether (sulfide) groups is 1. The number of carbonyl (C=O) groups is 1. The number of aryl methyl sites for hydroxylation is 1. The number of methoxy groups -OCH3 is 1. The fourth-order valence-electron chi connectivity index (χ4n) is 3.79. The zero-order valence-electron chi connectivity index (χ0n) is 19.5. The number of nitrogens with one attached hydrogen (secondary N) is 2. The third-order valence-electron chi connectivity index (χ3n) is 5.71. The van der Waals surface area contributed by atoms with Gasteiger partial charge in [-0.15, -0.1) is 0 Å². The van der Waals surface area contributed by atoms with Gasteiger partial charge in [0.25, 0.3) is 5.91 Å². The summed E-state index contributed by atoms with van der Waals surface area (Å²) in [6.45, 7) is 2.72. The van der Waals surface area contributed by atoms with E-state index in [2.05, 4.69) is 29.7 Å². The zero-order valence-corrected chi connectivity index (χ0v) is 20.3. The number of anilines is 1. The number of hydrogen-bond acceptors (Lipinski definition) is 7. The second kappa shape index (κ2) is 10.2. The van der Waals surface area contributed by atoms with Crippen molar-refractivity contribution in [2.75, 3.05) is 19.2 Å². The fourth-order valence-corrected chi connectivity index (χ4v) is 4.77. The Balaban J connectivity index is 1.24. The Kier molecular flexibility index (Phi) is 6.72. The summed E-state index contributed by atoms with van der Waals surface area (Å²) >= 11 is 1.45. The molecule has 7 nitrogen and oxygen atoms in total. The van der Waals surface area contributed by atoms with Gasteiger partial charge in [-0.3, -0.25) is 4.79 Å². The molecule has 1 amide bonds. The lowest BCUT2D eigenvalue weighted by Crippen LogP contribution is -2.30. The number of ether oxygens (including phenoxy) is 4. The van der Waals surface area contributed by atoms with Crippen LogP contribution >= 0.6 is 11.8 Å². The lowest BCUT2D eigenvalue weighted by molar-refractivity contribution is -0.116. The van der Waals surface area contributed by atoms with E-state index in [9.17, 15) is 4.79 Å². The first-order valence-corrected chi connectivity index (χ1v) is 12.2. The average molecular weight is 491 g/mol. The van der Waals surface area contributed by atoms with Crippen LogP contribution in [0.1, 0.15) is 23.6 Å². The van der Waals surface area contributed by atoms with Gasteiger partial charge in [-0.2, -0.15) is 0 Å². The van der Waals surface area contributed by atoms with Gasteiger partial charge in [0.1, 0.15) is 6.61 Å². The maximum Gasteiger partial charge on any atom is 0.260 e. The molecule has 0 aliphatic carbocycles. The highest BCUT2D eigenvalue weighted by Crippen LogP contribution is 2.35. The van der Waals surface area contributed by atoms with Crippen molar-refractivity contribution >= 4 is 29.4 Å². The SMILES string of the molecule is CCc1ccc(N[C@H]2NC(=O)/C(=C/c3ccc(OCc4ccc5c(c4)OCO5)c(OC)c3)S2)cc1. The smallest absolute Gasteiger partial charge is 0.260 e. The van der Waals surface area contributed by atoms with E-state index in [1.165, 1.54) is 17.3 Å². The molecule has 8 heteroatoms. The molecule has 180 valence electrons. The van der Waals surface area contributed by atoms with Crippen molar-refractivity contribution in [2.45, 2.75) is 25.4 Å². The summed E-state index contributed by atoms with van der Waals surface area (Å²) in [4.78, 5) is 13.2. The van der Waals surface area contributed by atoms with E-state index in [1.54, 1.807) is 7.11 Å². The molecule has 1 atom stereocenters. The van der Waals surface area contributed by atoms with E-state index >= 15 is 0 Å². The van der Waals surface area contributed by atoms with Crippen LogP contribution in [0.5, 0.6) is 23.0 Å². The summed E-state index contributed by atoms with van der Waals surface area (Å²) in [5.41, 5.74) is 3.82. The quantitative estimate of drug-likeness (QED) is 0.422. The Labute approximate surface area is 208 Å². The molecule has 1 fully saturated rings. The van der Waals surface area contributed by atoms with Gasteiger partial charge < -0.3 is 29.6 Å². The van der Waals surface area contributed by atoms with Crippen LogP contribution < -0.4 is 29.6 Å². The zero-order chi connectivity index (χ0) is 24.2. The Morgan fingerprint density at radius 1 is 1.03 bits per heavy atom. The van der Waals surface area contributed by atoms with E-state index in [1.807, 2.05) is 54.6 Å². The normalized spacial score (nSPS) is 17.4. The summed E-state index contributed by atoms with van der Waals surface area (Å²) < 4.78 is 22.3. The van der Waals surface area contributed by atoms with E-state index in [4.69, 9.17) is 18.9 Å². The van der Waals surface area contributed by atoms with E-state index in [0.29, 0.717) is 23.0 Å². The standard InChI is InChI=1S/C27H26N2O5S/c1-3-17-4-8-20(9-5-17)28-27-29-26(30)25(35-27)14-18-6-10-21(23(12-18)31-2)32-15-19-7-11-22-24(13-19)34-16-33-22/h4-14,27-28H,3,15-16H2,1-2H3,(H,29,30)/b25-14-/t27-/m0/s1. The Bertz CT molecular complexity index is 1260. The number of carbonyl (C=O) groups excluding carboxylic acids is 1. The van der Waals surface area contributed by atoms with Crippen LogP contribution in [-0.2, 0) is 17.8 Å². The molecule has 2 aliphatic rings. The Morgan fingerprint density at radius 3 is 2.63 bits per heavy atom. The summed E-state index contributed by atoms with van der Waals surface area (Å²) in [6, 6.07) is 19.6. The van der Waals surface area contributed by atoms with Crippen LogP contribution in [0.4, 0.5) is 5.69 Å². The van der Waals surface area contributed by atoms with Gasteiger partial charge in [-0.05, 0) is 65.6 Å². The molecule has 3 aromatic carbocycles. The van der Waals surface area contributed by atoms with E-state index < -0.39 is 0 Å². The predicted molar refractivity (Wildman–Crippen MR) is 137 cm³/mol. The van der Waals surface area contributed by atoms with Gasteiger partial charge in [0.15, 0.2) is 28.5 Å². The first-order valence-electron chi connectivity index (χ1n) is 11.4. The van der Waals surface area contributed by atoms with Crippen LogP contribution in [0.25, 0.3) is 6.08 Å². The van der Waals surface area contributed by atoms with Crippen LogP contribution in [0.15, 0.2) is 65.6 Å². The Hall–Kier alpha value is -3.78. The number of rotatable bonds is 8. The van der Waals surface area contributed by atoms with Crippen molar-refractivity contribution in [1.82, 2.24) is 5.32 Å². The second-order valence-electron chi connectivity index (χ2n) is 8.06. The molecule has 5 rings (SSSR count). The van der Waals surface area contributed by atoms with Gasteiger partial charge >= 0.3 is 0 Å². The molecule has 0 saturated carbocycles. The molecule has 0 aromatic heterocycles. The highest BCUT2D eigenvalue weighted by molar-refractivity contribution is 8.05. The monoisotopic (exact) mass is 490 g/mol. The molecule has 0 bridgehead atoms. The van der Waals surface area contributed by atoms with Crippen molar-refractivity contribution in [1.29, 1.82) is 0 Å². The van der Waals surface area contributed by atoms with Crippen molar-refractivity contribution in [3.05, 3.63) is 82.3 Å². The summed E-state index contributed by atoms with van der Waals surface area (Å²) in [6.07, 6.45) is 2.85. The minimum atomic E-state index is -0.229. The number of amides is 1. The minimum absolute atomic E-state index is 0.111. The van der Waals surface area contributed by atoms with Gasteiger partial charge in [0, 0.05) is 5.69 Å². The predicted octanol–water partition coefficient (Wildman–Crippen LogP) is 5.16. The highest BCUT2D eigenvalue weighted by atomic mass is 32.2. The third kappa shape index (κ3) is 5.33. The molecule has 2 N–H and O–H groups in total. The molecule has 2 heterocycles. The lowest BCUT2D eigenvalue weighted by Gasteiger charge is -2.13. The summed E-state index contributed by atoms with van der Waals surface area (Å²) in [5.74, 6) is 2.56. The van der Waals surface area contributed by atoms with Gasteiger partial charge in [-0.25, -0.2) is 0 Å². The molecule has 0 spiro atoms. The van der Waals surface area contributed by atoms with E-state index in [0.717, 1.165) is 34.7 Å².